The number of amides is 2. The quantitative estimate of drug-likeness (QED) is 0.879. The number of carbonyl (C=O) groups is 2. The normalized spacial score (nSPS) is 21.9. The fourth-order valence-electron chi connectivity index (χ4n) is 3.24. The van der Waals surface area contributed by atoms with Gasteiger partial charge in [0.2, 0.25) is 5.91 Å². The van der Waals surface area contributed by atoms with Crippen molar-refractivity contribution >= 4 is 29.3 Å². The maximum atomic E-state index is 12.5. The lowest BCUT2D eigenvalue weighted by molar-refractivity contribution is -0.115. The van der Waals surface area contributed by atoms with E-state index in [1.54, 1.807) is 6.07 Å². The molecular weight excluding hydrogens is 322 g/mol. The summed E-state index contributed by atoms with van der Waals surface area (Å²) in [6.07, 6.45) is 3.18. The van der Waals surface area contributed by atoms with E-state index in [9.17, 15) is 9.59 Å². The van der Waals surface area contributed by atoms with Crippen molar-refractivity contribution in [3.8, 4) is 0 Å². The first kappa shape index (κ1) is 17.3. The number of hydrogen-bond acceptors (Lipinski definition) is 4. The molecule has 2 aliphatic heterocycles. The van der Waals surface area contributed by atoms with Gasteiger partial charge < -0.3 is 15.5 Å². The molecular formula is C18H25N3O2S. The number of hydrogen-bond donors (Lipinski definition) is 2. The second-order valence-corrected chi connectivity index (χ2v) is 7.93. The fourth-order valence-corrected chi connectivity index (χ4v) is 4.17. The molecule has 0 aromatic heterocycles. The zero-order valence-electron chi connectivity index (χ0n) is 14.3. The summed E-state index contributed by atoms with van der Waals surface area (Å²) in [6.45, 7) is 7.32. The van der Waals surface area contributed by atoms with Gasteiger partial charge in [0.1, 0.15) is 0 Å². The molecule has 130 valence electrons. The van der Waals surface area contributed by atoms with Gasteiger partial charge in [-0.2, -0.15) is 0 Å². The van der Waals surface area contributed by atoms with Crippen molar-refractivity contribution in [2.45, 2.75) is 49.3 Å². The highest BCUT2D eigenvalue weighted by Gasteiger charge is 2.25. The molecule has 1 aromatic carbocycles. The first-order valence-corrected chi connectivity index (χ1v) is 9.59. The van der Waals surface area contributed by atoms with Crippen LogP contribution in [0.15, 0.2) is 23.1 Å². The zero-order chi connectivity index (χ0) is 17.1. The van der Waals surface area contributed by atoms with Gasteiger partial charge in [-0.25, -0.2) is 0 Å². The number of nitrogens with one attached hydrogen (secondary N) is 2. The summed E-state index contributed by atoms with van der Waals surface area (Å²) < 4.78 is 0. The first-order chi connectivity index (χ1) is 11.6. The van der Waals surface area contributed by atoms with Gasteiger partial charge in [0, 0.05) is 29.6 Å². The number of nitrogens with zero attached hydrogens (tertiary/aromatic N) is 1. The van der Waals surface area contributed by atoms with Crippen molar-refractivity contribution in [2.75, 3.05) is 25.0 Å². The molecule has 5 nitrogen and oxygen atoms in total. The zero-order valence-corrected chi connectivity index (χ0v) is 15.1. The van der Waals surface area contributed by atoms with E-state index in [0.717, 1.165) is 43.1 Å². The van der Waals surface area contributed by atoms with Crippen molar-refractivity contribution in [3.63, 3.8) is 0 Å². The van der Waals surface area contributed by atoms with Crippen LogP contribution in [-0.2, 0) is 4.79 Å². The minimum atomic E-state index is -0.0921. The molecule has 0 bridgehead atoms. The maximum absolute atomic E-state index is 12.5. The Morgan fingerprint density at radius 1 is 1.38 bits per heavy atom. The van der Waals surface area contributed by atoms with E-state index in [0.29, 0.717) is 5.56 Å². The van der Waals surface area contributed by atoms with Gasteiger partial charge in [-0.1, -0.05) is 6.92 Å². The predicted molar refractivity (Wildman–Crippen MR) is 97.6 cm³/mol. The summed E-state index contributed by atoms with van der Waals surface area (Å²) in [5.74, 6) is -0.0574. The molecule has 1 fully saturated rings. The molecule has 1 atom stereocenters. The number of benzene rings is 1. The third kappa shape index (κ3) is 3.92. The van der Waals surface area contributed by atoms with Gasteiger partial charge in [0.25, 0.3) is 5.91 Å². The summed E-state index contributed by atoms with van der Waals surface area (Å²) in [5.41, 5.74) is 1.36. The number of anilines is 1. The van der Waals surface area contributed by atoms with Crippen molar-refractivity contribution in [1.82, 2.24) is 10.2 Å². The molecule has 1 aromatic rings. The van der Waals surface area contributed by atoms with E-state index < -0.39 is 0 Å². The number of rotatable bonds is 4. The van der Waals surface area contributed by atoms with Crippen LogP contribution in [0, 0.1) is 0 Å². The summed E-state index contributed by atoms with van der Waals surface area (Å²) in [7, 11) is 0. The largest absolute Gasteiger partial charge is 0.349 e. The number of fused-ring (bicyclic) bond motifs is 1. The van der Waals surface area contributed by atoms with E-state index in [-0.39, 0.29) is 23.1 Å². The van der Waals surface area contributed by atoms with E-state index in [1.807, 2.05) is 19.1 Å². The van der Waals surface area contributed by atoms with Crippen LogP contribution in [0.2, 0.25) is 0 Å². The lowest BCUT2D eigenvalue weighted by atomic mass is 10.0. The Bertz CT molecular complexity index is 627. The molecule has 2 aliphatic rings. The van der Waals surface area contributed by atoms with Crippen LogP contribution in [0.25, 0.3) is 0 Å². The molecule has 3 rings (SSSR count). The summed E-state index contributed by atoms with van der Waals surface area (Å²) in [4.78, 5) is 27.8. The SMILES string of the molecule is CCCN1CCC(NC(=O)c2ccc3c(c2)NC(=O)C(C)S3)CC1. The van der Waals surface area contributed by atoms with Gasteiger partial charge in [0.15, 0.2) is 0 Å². The number of carbonyl (C=O) groups excluding carboxylic acids is 2. The van der Waals surface area contributed by atoms with Gasteiger partial charge in [-0.3, -0.25) is 9.59 Å². The smallest absolute Gasteiger partial charge is 0.251 e. The molecule has 1 saturated heterocycles. The average molecular weight is 347 g/mol. The Morgan fingerprint density at radius 3 is 2.83 bits per heavy atom. The predicted octanol–water partition coefficient (Wildman–Crippen LogP) is 2.72. The lowest BCUT2D eigenvalue weighted by Crippen LogP contribution is -2.44. The highest BCUT2D eigenvalue weighted by Crippen LogP contribution is 2.35. The first-order valence-electron chi connectivity index (χ1n) is 8.71. The van der Waals surface area contributed by atoms with Crippen LogP contribution in [-0.4, -0.2) is 47.6 Å². The van der Waals surface area contributed by atoms with Crippen molar-refractivity contribution in [2.24, 2.45) is 0 Å². The molecule has 6 heteroatoms. The van der Waals surface area contributed by atoms with Crippen LogP contribution in [0.5, 0.6) is 0 Å². The van der Waals surface area contributed by atoms with E-state index in [4.69, 9.17) is 0 Å². The third-order valence-electron chi connectivity index (χ3n) is 4.64. The molecule has 0 saturated carbocycles. The fraction of sp³-hybridized carbons (Fsp3) is 0.556. The molecule has 0 spiro atoms. The van der Waals surface area contributed by atoms with E-state index >= 15 is 0 Å². The molecule has 2 amide bonds. The molecule has 2 N–H and O–H groups in total. The van der Waals surface area contributed by atoms with Crippen LogP contribution in [0.3, 0.4) is 0 Å². The second kappa shape index (κ2) is 7.57. The van der Waals surface area contributed by atoms with Crippen molar-refractivity contribution in [3.05, 3.63) is 23.8 Å². The molecule has 0 radical (unpaired) electrons. The maximum Gasteiger partial charge on any atom is 0.251 e. The molecule has 2 heterocycles. The van der Waals surface area contributed by atoms with Crippen molar-refractivity contribution in [1.29, 1.82) is 0 Å². The minimum absolute atomic E-state index is 0.00615. The second-order valence-electron chi connectivity index (χ2n) is 6.55. The van der Waals surface area contributed by atoms with Gasteiger partial charge in [-0.05, 0) is 50.9 Å². The van der Waals surface area contributed by atoms with Gasteiger partial charge >= 0.3 is 0 Å². The van der Waals surface area contributed by atoms with Gasteiger partial charge in [0.05, 0.1) is 10.9 Å². The molecule has 0 aliphatic carbocycles. The Labute approximate surface area is 147 Å². The van der Waals surface area contributed by atoms with Crippen LogP contribution in [0.1, 0.15) is 43.5 Å². The standard InChI is InChI=1S/C18H25N3O2S/c1-3-8-21-9-6-14(7-10-21)19-18(23)13-4-5-16-15(11-13)20-17(22)12(2)24-16/h4-5,11-12,14H,3,6-10H2,1-2H3,(H,19,23)(H,20,22). The Balaban J connectivity index is 1.60. The topological polar surface area (TPSA) is 61.4 Å². The number of likely N-dealkylation sites (tertiary alicyclic amines) is 1. The highest BCUT2D eigenvalue weighted by molar-refractivity contribution is 8.00. The molecule has 1 unspecified atom stereocenters. The third-order valence-corrected chi connectivity index (χ3v) is 5.81. The highest BCUT2D eigenvalue weighted by atomic mass is 32.2. The number of piperidine rings is 1. The van der Waals surface area contributed by atoms with E-state index in [1.165, 1.54) is 18.2 Å². The Kier molecular flexibility index (Phi) is 5.46. The summed E-state index contributed by atoms with van der Waals surface area (Å²) >= 11 is 1.53. The Hall–Kier alpha value is -1.53. The summed E-state index contributed by atoms with van der Waals surface area (Å²) in [6, 6.07) is 5.80. The van der Waals surface area contributed by atoms with Crippen LogP contribution in [0.4, 0.5) is 5.69 Å². The van der Waals surface area contributed by atoms with Crippen molar-refractivity contribution < 1.29 is 9.59 Å². The van der Waals surface area contributed by atoms with Crippen LogP contribution < -0.4 is 10.6 Å². The van der Waals surface area contributed by atoms with Gasteiger partial charge in [-0.15, -0.1) is 11.8 Å². The minimum Gasteiger partial charge on any atom is -0.349 e. The Morgan fingerprint density at radius 2 is 2.12 bits per heavy atom. The number of thioether (sulfide) groups is 1. The molecule has 24 heavy (non-hydrogen) atoms. The average Bonchev–Trinajstić information content (AvgIpc) is 2.57. The van der Waals surface area contributed by atoms with Crippen LogP contribution >= 0.6 is 11.8 Å². The monoisotopic (exact) mass is 347 g/mol. The lowest BCUT2D eigenvalue weighted by Gasteiger charge is -2.32. The van der Waals surface area contributed by atoms with E-state index in [2.05, 4.69) is 22.5 Å². The summed E-state index contributed by atoms with van der Waals surface area (Å²) in [5, 5.41) is 5.93.